The molecule has 1 fully saturated rings. The third-order valence-corrected chi connectivity index (χ3v) is 6.41. The summed E-state index contributed by atoms with van der Waals surface area (Å²) in [6, 6.07) is 8.13. The van der Waals surface area contributed by atoms with E-state index in [1.807, 2.05) is 64.1 Å². The van der Waals surface area contributed by atoms with Crippen LogP contribution in [0.1, 0.15) is 52.7 Å². The van der Waals surface area contributed by atoms with Crippen molar-refractivity contribution in [2.24, 2.45) is 5.92 Å². The van der Waals surface area contributed by atoms with Crippen LogP contribution in [0, 0.1) is 5.92 Å². The standard InChI is InChI=1S/C28H38N4O4/c1-5-10-23(26-22-12-8-7-11-20(22)14-15-29-26)31-25(19(3)4)28(35)32-16-9-13-24(32)27(34)30-21(17-33)18-36-6-2/h7-8,10-12,14-15,17,19,21,24-25,31H,5-6,9,13,16,18H2,1-4H3,(H,30,34)/b23-10+/t21-,24?,25?/m1/s1. The average Bonchev–Trinajstić information content (AvgIpc) is 3.38. The number of hydrogen-bond donors (Lipinski definition) is 2. The fraction of sp³-hybridized carbons (Fsp3) is 0.500. The van der Waals surface area contributed by atoms with E-state index in [0.29, 0.717) is 25.9 Å². The van der Waals surface area contributed by atoms with Crippen molar-refractivity contribution in [2.45, 2.75) is 65.1 Å². The van der Waals surface area contributed by atoms with Gasteiger partial charge in [0.1, 0.15) is 24.4 Å². The lowest BCUT2D eigenvalue weighted by atomic mass is 10.00. The van der Waals surface area contributed by atoms with Crippen LogP contribution < -0.4 is 10.6 Å². The van der Waals surface area contributed by atoms with Crippen LogP contribution in [-0.4, -0.2) is 65.9 Å². The van der Waals surface area contributed by atoms with E-state index in [1.54, 1.807) is 11.1 Å². The maximum Gasteiger partial charge on any atom is 0.246 e. The van der Waals surface area contributed by atoms with Crippen LogP contribution in [-0.2, 0) is 19.1 Å². The molecule has 194 valence electrons. The minimum atomic E-state index is -0.731. The van der Waals surface area contributed by atoms with Crippen LogP contribution in [0.3, 0.4) is 0 Å². The van der Waals surface area contributed by atoms with Gasteiger partial charge in [-0.05, 0) is 43.6 Å². The molecule has 0 saturated carbocycles. The summed E-state index contributed by atoms with van der Waals surface area (Å²) in [6.07, 6.45) is 6.56. The van der Waals surface area contributed by atoms with Crippen molar-refractivity contribution < 1.29 is 19.1 Å². The topological polar surface area (TPSA) is 101 Å². The number of hydrogen-bond acceptors (Lipinski definition) is 6. The van der Waals surface area contributed by atoms with Crippen LogP contribution in [0.2, 0.25) is 0 Å². The molecule has 2 aromatic rings. The van der Waals surface area contributed by atoms with Crippen molar-refractivity contribution in [1.29, 1.82) is 0 Å². The monoisotopic (exact) mass is 494 g/mol. The Morgan fingerprint density at radius 1 is 1.19 bits per heavy atom. The Bertz CT molecular complexity index is 1080. The van der Waals surface area contributed by atoms with Crippen molar-refractivity contribution in [1.82, 2.24) is 20.5 Å². The van der Waals surface area contributed by atoms with E-state index in [-0.39, 0.29) is 24.3 Å². The van der Waals surface area contributed by atoms with Gasteiger partial charge in [0.05, 0.1) is 18.0 Å². The number of aldehydes is 1. The summed E-state index contributed by atoms with van der Waals surface area (Å²) in [5.74, 6) is -0.477. The Morgan fingerprint density at radius 2 is 1.97 bits per heavy atom. The molecule has 2 N–H and O–H groups in total. The van der Waals surface area contributed by atoms with E-state index >= 15 is 0 Å². The van der Waals surface area contributed by atoms with Gasteiger partial charge in [-0.3, -0.25) is 14.6 Å². The van der Waals surface area contributed by atoms with E-state index in [1.165, 1.54) is 0 Å². The molecule has 0 bridgehead atoms. The fourth-order valence-corrected chi connectivity index (χ4v) is 4.56. The number of ether oxygens (including phenoxy) is 1. The highest BCUT2D eigenvalue weighted by Gasteiger charge is 2.39. The summed E-state index contributed by atoms with van der Waals surface area (Å²) >= 11 is 0. The molecule has 2 heterocycles. The Kier molecular flexibility index (Phi) is 9.99. The number of carbonyl (C=O) groups excluding carboxylic acids is 3. The Morgan fingerprint density at radius 3 is 2.67 bits per heavy atom. The lowest BCUT2D eigenvalue weighted by Gasteiger charge is -2.32. The van der Waals surface area contributed by atoms with Crippen LogP contribution in [0.15, 0.2) is 42.6 Å². The van der Waals surface area contributed by atoms with Gasteiger partial charge < -0.3 is 25.1 Å². The van der Waals surface area contributed by atoms with Gasteiger partial charge in [-0.2, -0.15) is 0 Å². The van der Waals surface area contributed by atoms with Gasteiger partial charge in [-0.1, -0.05) is 51.1 Å². The number of amides is 2. The number of nitrogens with zero attached hydrogens (tertiary/aromatic N) is 2. The minimum absolute atomic E-state index is 0.0299. The smallest absolute Gasteiger partial charge is 0.246 e. The Balaban J connectivity index is 1.82. The molecule has 1 aliphatic rings. The van der Waals surface area contributed by atoms with Crippen molar-refractivity contribution >= 4 is 34.6 Å². The number of likely N-dealkylation sites (tertiary alicyclic amines) is 1. The van der Waals surface area contributed by atoms with E-state index in [9.17, 15) is 14.4 Å². The van der Waals surface area contributed by atoms with Gasteiger partial charge in [-0.25, -0.2) is 0 Å². The third kappa shape index (κ3) is 6.49. The van der Waals surface area contributed by atoms with Gasteiger partial charge in [0.15, 0.2) is 0 Å². The van der Waals surface area contributed by atoms with Crippen LogP contribution in [0.5, 0.6) is 0 Å². The molecule has 1 saturated heterocycles. The molecule has 3 rings (SSSR count). The second kappa shape index (κ2) is 13.2. The highest BCUT2D eigenvalue weighted by molar-refractivity contribution is 5.94. The van der Waals surface area contributed by atoms with Gasteiger partial charge in [0.25, 0.3) is 0 Å². The van der Waals surface area contributed by atoms with Crippen LogP contribution in [0.25, 0.3) is 16.5 Å². The Hall–Kier alpha value is -3.26. The lowest BCUT2D eigenvalue weighted by Crippen LogP contribution is -2.55. The first-order valence-electron chi connectivity index (χ1n) is 12.9. The maximum atomic E-state index is 13.8. The van der Waals surface area contributed by atoms with E-state index in [0.717, 1.165) is 35.0 Å². The normalized spacial score (nSPS) is 17.8. The fourth-order valence-electron chi connectivity index (χ4n) is 4.56. The number of nitrogens with one attached hydrogen (secondary N) is 2. The van der Waals surface area contributed by atoms with E-state index in [4.69, 9.17) is 4.74 Å². The maximum absolute atomic E-state index is 13.8. The first kappa shape index (κ1) is 27.3. The summed E-state index contributed by atoms with van der Waals surface area (Å²) < 4.78 is 5.28. The van der Waals surface area contributed by atoms with Gasteiger partial charge in [0.2, 0.25) is 11.8 Å². The van der Waals surface area contributed by atoms with Crippen molar-refractivity contribution in [3.05, 3.63) is 48.3 Å². The van der Waals surface area contributed by atoms with E-state index in [2.05, 4.69) is 15.6 Å². The summed E-state index contributed by atoms with van der Waals surface area (Å²) in [6.45, 7) is 8.93. The predicted molar refractivity (Wildman–Crippen MR) is 141 cm³/mol. The summed E-state index contributed by atoms with van der Waals surface area (Å²) in [4.78, 5) is 44.5. The van der Waals surface area contributed by atoms with Crippen LogP contribution in [0.4, 0.5) is 0 Å². The van der Waals surface area contributed by atoms with Gasteiger partial charge in [-0.15, -0.1) is 0 Å². The highest BCUT2D eigenvalue weighted by Crippen LogP contribution is 2.25. The quantitative estimate of drug-likeness (QED) is 0.439. The molecule has 0 aliphatic carbocycles. The van der Waals surface area contributed by atoms with E-state index < -0.39 is 18.1 Å². The molecule has 8 nitrogen and oxygen atoms in total. The lowest BCUT2D eigenvalue weighted by molar-refractivity contribution is -0.141. The predicted octanol–water partition coefficient (Wildman–Crippen LogP) is 3.31. The van der Waals surface area contributed by atoms with Gasteiger partial charge in [0, 0.05) is 24.7 Å². The number of rotatable bonds is 12. The number of pyridine rings is 1. The highest BCUT2D eigenvalue weighted by atomic mass is 16.5. The molecular formula is C28H38N4O4. The number of allylic oxidation sites excluding steroid dienone is 1. The second-order valence-electron chi connectivity index (χ2n) is 9.37. The second-order valence-corrected chi connectivity index (χ2v) is 9.37. The molecule has 3 atom stereocenters. The largest absolute Gasteiger partial charge is 0.379 e. The van der Waals surface area contributed by atoms with Crippen molar-refractivity contribution in [2.75, 3.05) is 19.8 Å². The SMILES string of the molecule is CC/C=C(/NC(C(=O)N1CCCC1C(=O)N[C@H](C=O)COCC)C(C)C)c1nccc2ccccc12. The van der Waals surface area contributed by atoms with Crippen molar-refractivity contribution in [3.63, 3.8) is 0 Å². The van der Waals surface area contributed by atoms with Gasteiger partial charge >= 0.3 is 0 Å². The van der Waals surface area contributed by atoms with Crippen molar-refractivity contribution in [3.8, 4) is 0 Å². The number of benzene rings is 1. The first-order valence-corrected chi connectivity index (χ1v) is 12.9. The number of carbonyl (C=O) groups is 3. The van der Waals surface area contributed by atoms with Crippen LogP contribution >= 0.6 is 0 Å². The molecule has 36 heavy (non-hydrogen) atoms. The average molecular weight is 495 g/mol. The third-order valence-electron chi connectivity index (χ3n) is 6.41. The zero-order valence-electron chi connectivity index (χ0n) is 21.7. The molecule has 0 spiro atoms. The first-order chi connectivity index (χ1) is 17.4. The zero-order chi connectivity index (χ0) is 26.1. The molecule has 1 aromatic heterocycles. The molecule has 8 heteroatoms. The summed E-state index contributed by atoms with van der Waals surface area (Å²) in [7, 11) is 0. The Labute approximate surface area is 213 Å². The molecule has 1 aromatic carbocycles. The molecule has 0 radical (unpaired) electrons. The number of fused-ring (bicyclic) bond motifs is 1. The molecule has 2 unspecified atom stereocenters. The number of aromatic nitrogens is 1. The molecular weight excluding hydrogens is 456 g/mol. The zero-order valence-corrected chi connectivity index (χ0v) is 21.7. The summed E-state index contributed by atoms with van der Waals surface area (Å²) in [5.41, 5.74) is 1.60. The minimum Gasteiger partial charge on any atom is -0.379 e. The molecule has 1 aliphatic heterocycles. The molecule has 2 amide bonds. The summed E-state index contributed by atoms with van der Waals surface area (Å²) in [5, 5.41) is 8.30.